The number of carbonyl (C=O) groups excluding carboxylic acids is 2. The topological polar surface area (TPSA) is 34.1 Å². The van der Waals surface area contributed by atoms with Crippen LogP contribution in [-0.2, 0) is 9.59 Å². The summed E-state index contributed by atoms with van der Waals surface area (Å²) in [5.74, 6) is 0.788. The number of carbonyl (C=O) groups is 2. The molecule has 0 aliphatic heterocycles. The highest BCUT2D eigenvalue weighted by Crippen LogP contribution is 2.43. The molecular weight excluding hydrogens is 296 g/mol. The fourth-order valence-corrected chi connectivity index (χ4v) is 4.34. The fourth-order valence-electron chi connectivity index (χ4n) is 4.21. The summed E-state index contributed by atoms with van der Waals surface area (Å²) >= 11 is 6.01. The van der Waals surface area contributed by atoms with E-state index in [0.29, 0.717) is 29.4 Å². The zero-order valence-electron chi connectivity index (χ0n) is 12.9. The molecule has 2 atom stereocenters. The van der Waals surface area contributed by atoms with Crippen molar-refractivity contribution >= 4 is 23.2 Å². The van der Waals surface area contributed by atoms with Crippen LogP contribution >= 0.6 is 11.6 Å². The van der Waals surface area contributed by atoms with Gasteiger partial charge in [0, 0.05) is 35.6 Å². The molecule has 0 bridgehead atoms. The molecule has 0 spiro atoms. The summed E-state index contributed by atoms with van der Waals surface area (Å²) < 4.78 is 0. The summed E-state index contributed by atoms with van der Waals surface area (Å²) in [6.45, 7) is 0. The van der Waals surface area contributed by atoms with Crippen molar-refractivity contribution in [3.05, 3.63) is 34.9 Å². The molecule has 2 saturated carbocycles. The molecule has 118 valence electrons. The quantitative estimate of drug-likeness (QED) is 0.790. The molecule has 1 aromatic rings. The van der Waals surface area contributed by atoms with Gasteiger partial charge >= 0.3 is 0 Å². The Morgan fingerprint density at radius 3 is 1.77 bits per heavy atom. The first-order chi connectivity index (χ1) is 10.7. The van der Waals surface area contributed by atoms with Gasteiger partial charge in [-0.25, -0.2) is 0 Å². The van der Waals surface area contributed by atoms with Gasteiger partial charge in [-0.1, -0.05) is 36.6 Å². The van der Waals surface area contributed by atoms with Gasteiger partial charge in [-0.05, 0) is 43.4 Å². The monoisotopic (exact) mass is 318 g/mol. The zero-order valence-corrected chi connectivity index (χ0v) is 13.6. The first kappa shape index (κ1) is 15.7. The Balaban J connectivity index is 1.95. The minimum atomic E-state index is 0.0157. The second-order valence-corrected chi connectivity index (χ2v) is 7.15. The normalized spacial score (nSPS) is 27.7. The van der Waals surface area contributed by atoms with Crippen LogP contribution in [0.5, 0.6) is 0 Å². The second kappa shape index (κ2) is 6.95. The molecule has 2 nitrogen and oxygen atoms in total. The van der Waals surface area contributed by atoms with E-state index in [2.05, 4.69) is 0 Å². The van der Waals surface area contributed by atoms with E-state index in [9.17, 15) is 9.59 Å². The van der Waals surface area contributed by atoms with Crippen LogP contribution in [0.4, 0.5) is 0 Å². The highest BCUT2D eigenvalue weighted by molar-refractivity contribution is 6.30. The van der Waals surface area contributed by atoms with Crippen LogP contribution in [0.3, 0.4) is 0 Å². The van der Waals surface area contributed by atoms with Gasteiger partial charge in [-0.2, -0.15) is 0 Å². The van der Waals surface area contributed by atoms with Crippen molar-refractivity contribution in [1.29, 1.82) is 0 Å². The molecule has 2 aliphatic carbocycles. The minimum absolute atomic E-state index is 0.0157. The van der Waals surface area contributed by atoms with E-state index in [0.717, 1.165) is 44.1 Å². The van der Waals surface area contributed by atoms with Gasteiger partial charge in [0.2, 0.25) is 0 Å². The third-order valence-electron chi connectivity index (χ3n) is 5.33. The summed E-state index contributed by atoms with van der Waals surface area (Å²) in [4.78, 5) is 25.0. The minimum Gasteiger partial charge on any atom is -0.299 e. The van der Waals surface area contributed by atoms with E-state index >= 15 is 0 Å². The van der Waals surface area contributed by atoms with E-state index in [1.54, 1.807) is 0 Å². The number of halogens is 1. The van der Waals surface area contributed by atoms with Crippen LogP contribution < -0.4 is 0 Å². The molecule has 0 amide bonds. The molecule has 2 fully saturated rings. The molecule has 0 saturated heterocycles. The third kappa shape index (κ3) is 3.27. The predicted octanol–water partition coefficient (Wildman–Crippen LogP) is 4.94. The predicted molar refractivity (Wildman–Crippen MR) is 88.1 cm³/mol. The number of hydrogen-bond donors (Lipinski definition) is 0. The Labute approximate surface area is 137 Å². The van der Waals surface area contributed by atoms with Gasteiger partial charge in [0.25, 0.3) is 0 Å². The van der Waals surface area contributed by atoms with Gasteiger partial charge < -0.3 is 0 Å². The Morgan fingerprint density at radius 2 is 1.32 bits per heavy atom. The SMILES string of the molecule is O=C1CCCCC1C(c1ccc(Cl)cc1)C1CCCCC1=O. The smallest absolute Gasteiger partial charge is 0.136 e. The molecule has 22 heavy (non-hydrogen) atoms. The average Bonchev–Trinajstić information content (AvgIpc) is 2.53. The average molecular weight is 319 g/mol. The standard InChI is InChI=1S/C19H23ClO2/c20-14-11-9-13(10-12-14)19(15-5-1-3-7-17(15)21)16-6-2-4-8-18(16)22/h9-12,15-16,19H,1-8H2. The summed E-state index contributed by atoms with van der Waals surface area (Å²) in [7, 11) is 0. The lowest BCUT2D eigenvalue weighted by Crippen LogP contribution is -2.35. The van der Waals surface area contributed by atoms with E-state index in [4.69, 9.17) is 11.6 Å². The lowest BCUT2D eigenvalue weighted by atomic mass is 9.66. The number of hydrogen-bond acceptors (Lipinski definition) is 2. The molecule has 2 unspecified atom stereocenters. The lowest BCUT2D eigenvalue weighted by molar-refractivity contribution is -0.129. The largest absolute Gasteiger partial charge is 0.299 e. The summed E-state index contributed by atoms with van der Waals surface area (Å²) in [6.07, 6.45) is 7.41. The van der Waals surface area contributed by atoms with E-state index < -0.39 is 0 Å². The molecular formula is C19H23ClO2. The van der Waals surface area contributed by atoms with Gasteiger partial charge in [-0.3, -0.25) is 9.59 Å². The zero-order chi connectivity index (χ0) is 15.5. The van der Waals surface area contributed by atoms with Crippen molar-refractivity contribution in [1.82, 2.24) is 0 Å². The maximum Gasteiger partial charge on any atom is 0.136 e. The Bertz CT molecular complexity index is 521. The first-order valence-corrected chi connectivity index (χ1v) is 8.85. The van der Waals surface area contributed by atoms with Crippen molar-refractivity contribution < 1.29 is 9.59 Å². The molecule has 0 radical (unpaired) electrons. The molecule has 2 aliphatic rings. The van der Waals surface area contributed by atoms with Crippen molar-refractivity contribution in [3.63, 3.8) is 0 Å². The molecule has 3 heteroatoms. The maximum absolute atomic E-state index is 12.5. The van der Waals surface area contributed by atoms with Crippen LogP contribution in [0, 0.1) is 11.8 Å². The molecule has 3 rings (SSSR count). The second-order valence-electron chi connectivity index (χ2n) is 6.71. The number of rotatable bonds is 3. The van der Waals surface area contributed by atoms with Crippen LogP contribution in [0.2, 0.25) is 5.02 Å². The van der Waals surface area contributed by atoms with Crippen molar-refractivity contribution in [3.8, 4) is 0 Å². The highest BCUT2D eigenvalue weighted by Gasteiger charge is 2.39. The Hall–Kier alpha value is -1.15. The summed E-state index contributed by atoms with van der Waals surface area (Å²) in [5.41, 5.74) is 1.12. The van der Waals surface area contributed by atoms with Crippen LogP contribution in [0.1, 0.15) is 62.8 Å². The van der Waals surface area contributed by atoms with Gasteiger partial charge in [0.05, 0.1) is 0 Å². The van der Waals surface area contributed by atoms with E-state index in [1.807, 2.05) is 24.3 Å². The van der Waals surface area contributed by atoms with Crippen LogP contribution in [-0.4, -0.2) is 11.6 Å². The molecule has 0 heterocycles. The van der Waals surface area contributed by atoms with Gasteiger partial charge in [0.1, 0.15) is 11.6 Å². The van der Waals surface area contributed by atoms with Crippen LogP contribution in [0.15, 0.2) is 24.3 Å². The number of ketones is 2. The third-order valence-corrected chi connectivity index (χ3v) is 5.58. The fraction of sp³-hybridized carbons (Fsp3) is 0.579. The Kier molecular flexibility index (Phi) is 4.97. The van der Waals surface area contributed by atoms with Crippen molar-refractivity contribution in [2.75, 3.05) is 0 Å². The van der Waals surface area contributed by atoms with E-state index in [1.165, 1.54) is 0 Å². The molecule has 0 aromatic heterocycles. The van der Waals surface area contributed by atoms with Gasteiger partial charge in [-0.15, -0.1) is 0 Å². The molecule has 1 aromatic carbocycles. The highest BCUT2D eigenvalue weighted by atomic mass is 35.5. The number of Topliss-reactive ketones (excluding diaryl/α,β-unsaturated/α-hetero) is 2. The maximum atomic E-state index is 12.5. The number of benzene rings is 1. The first-order valence-electron chi connectivity index (χ1n) is 8.47. The lowest BCUT2D eigenvalue weighted by Gasteiger charge is -2.36. The summed E-state index contributed by atoms with van der Waals surface area (Å²) in [5, 5.41) is 0.701. The van der Waals surface area contributed by atoms with Gasteiger partial charge in [0.15, 0.2) is 0 Å². The Morgan fingerprint density at radius 1 is 0.818 bits per heavy atom. The van der Waals surface area contributed by atoms with Crippen LogP contribution in [0.25, 0.3) is 0 Å². The van der Waals surface area contributed by atoms with Crippen molar-refractivity contribution in [2.24, 2.45) is 11.8 Å². The van der Waals surface area contributed by atoms with Crippen molar-refractivity contribution in [2.45, 2.75) is 57.3 Å². The summed E-state index contributed by atoms with van der Waals surface area (Å²) in [6, 6.07) is 7.78. The van der Waals surface area contributed by atoms with E-state index in [-0.39, 0.29) is 17.8 Å². The molecule has 0 N–H and O–H groups in total.